The molecule has 0 aliphatic heterocycles. The number of hydrogen-bond donors (Lipinski definition) is 1. The van der Waals surface area contributed by atoms with Crippen LogP contribution in [0.5, 0.6) is 0 Å². The predicted molar refractivity (Wildman–Crippen MR) is 48.1 cm³/mol. The maximum Gasteiger partial charge on any atom is 0.463 e. The molecule has 0 aromatic heterocycles. The summed E-state index contributed by atoms with van der Waals surface area (Å²) in [6.45, 7) is 3.23. The minimum atomic E-state index is -5.85. The number of amides is 1. The Hall–Kier alpha value is -0.880. The molecule has 1 atom stereocenters. The standard InChI is InChI=1S/C9H14F5NO/c1-3-4-5-6(2)15-7(16)8(10,11)9(12,13)14/h6H,3-5H2,1-2H3,(H,15,16). The van der Waals surface area contributed by atoms with Gasteiger partial charge in [-0.1, -0.05) is 19.8 Å². The van der Waals surface area contributed by atoms with Gasteiger partial charge in [0.1, 0.15) is 0 Å². The van der Waals surface area contributed by atoms with E-state index >= 15 is 0 Å². The van der Waals surface area contributed by atoms with Crippen LogP contribution in [-0.4, -0.2) is 24.0 Å². The van der Waals surface area contributed by atoms with Crippen molar-refractivity contribution in [2.45, 2.75) is 51.3 Å². The minimum Gasteiger partial charge on any atom is -0.348 e. The number of nitrogens with one attached hydrogen (secondary N) is 1. The van der Waals surface area contributed by atoms with Crippen molar-refractivity contribution >= 4 is 5.91 Å². The van der Waals surface area contributed by atoms with Crippen LogP contribution in [0.2, 0.25) is 0 Å². The quantitative estimate of drug-likeness (QED) is 0.743. The average Bonchev–Trinajstić information content (AvgIpc) is 2.12. The molecule has 0 aromatic rings. The van der Waals surface area contributed by atoms with Crippen molar-refractivity contribution in [1.29, 1.82) is 0 Å². The van der Waals surface area contributed by atoms with E-state index in [0.717, 1.165) is 6.42 Å². The van der Waals surface area contributed by atoms with Crippen LogP contribution in [0.4, 0.5) is 22.0 Å². The molecule has 0 aliphatic rings. The van der Waals surface area contributed by atoms with Crippen LogP contribution in [0.1, 0.15) is 33.1 Å². The van der Waals surface area contributed by atoms with Crippen LogP contribution in [0, 0.1) is 0 Å². The van der Waals surface area contributed by atoms with Crippen LogP contribution in [0.3, 0.4) is 0 Å². The summed E-state index contributed by atoms with van der Waals surface area (Å²) in [7, 11) is 0. The number of rotatable bonds is 5. The lowest BCUT2D eigenvalue weighted by Crippen LogP contribution is -2.52. The Kier molecular flexibility index (Phi) is 5.15. The van der Waals surface area contributed by atoms with Gasteiger partial charge in [-0.15, -0.1) is 0 Å². The molecular weight excluding hydrogens is 233 g/mol. The van der Waals surface area contributed by atoms with Crippen LogP contribution in [-0.2, 0) is 4.79 Å². The van der Waals surface area contributed by atoms with E-state index < -0.39 is 24.0 Å². The van der Waals surface area contributed by atoms with Crippen LogP contribution in [0.15, 0.2) is 0 Å². The monoisotopic (exact) mass is 247 g/mol. The third-order valence-corrected chi connectivity index (χ3v) is 2.01. The van der Waals surface area contributed by atoms with E-state index in [1.165, 1.54) is 6.92 Å². The molecule has 1 amide bonds. The molecule has 0 bridgehead atoms. The van der Waals surface area contributed by atoms with Gasteiger partial charge in [0, 0.05) is 6.04 Å². The number of hydrogen-bond acceptors (Lipinski definition) is 1. The summed E-state index contributed by atoms with van der Waals surface area (Å²) in [6.07, 6.45) is -4.05. The summed E-state index contributed by atoms with van der Waals surface area (Å²) in [5.74, 6) is -7.61. The van der Waals surface area contributed by atoms with Crippen LogP contribution < -0.4 is 5.32 Å². The van der Waals surface area contributed by atoms with Crippen molar-refractivity contribution in [3.63, 3.8) is 0 Å². The lowest BCUT2D eigenvalue weighted by molar-refractivity contribution is -0.270. The maximum absolute atomic E-state index is 12.5. The second-order valence-corrected chi connectivity index (χ2v) is 3.59. The number of halogens is 5. The number of alkyl halides is 5. The lowest BCUT2D eigenvalue weighted by atomic mass is 10.1. The first-order chi connectivity index (χ1) is 7.13. The van der Waals surface area contributed by atoms with E-state index in [2.05, 4.69) is 0 Å². The summed E-state index contributed by atoms with van der Waals surface area (Å²) in [6, 6.07) is -0.694. The SMILES string of the molecule is CCCCC(C)NC(=O)C(F)(F)C(F)(F)F. The molecule has 0 aromatic carbocycles. The van der Waals surface area contributed by atoms with Crippen LogP contribution in [0.25, 0.3) is 0 Å². The Morgan fingerprint density at radius 1 is 1.25 bits per heavy atom. The van der Waals surface area contributed by atoms with Gasteiger partial charge >= 0.3 is 18.0 Å². The summed E-state index contributed by atoms with van der Waals surface area (Å²) in [5.41, 5.74) is 0. The summed E-state index contributed by atoms with van der Waals surface area (Å²) >= 11 is 0. The lowest BCUT2D eigenvalue weighted by Gasteiger charge is -2.21. The third-order valence-electron chi connectivity index (χ3n) is 2.01. The zero-order valence-corrected chi connectivity index (χ0v) is 9.00. The molecule has 0 aliphatic carbocycles. The van der Waals surface area contributed by atoms with Gasteiger partial charge in [-0.25, -0.2) is 0 Å². The number of carbonyl (C=O) groups excluding carboxylic acids is 1. The molecule has 2 nitrogen and oxygen atoms in total. The molecule has 16 heavy (non-hydrogen) atoms. The summed E-state index contributed by atoms with van der Waals surface area (Å²) < 4.78 is 60.3. The fourth-order valence-corrected chi connectivity index (χ4v) is 1.03. The van der Waals surface area contributed by atoms with Crippen molar-refractivity contribution in [3.8, 4) is 0 Å². The van der Waals surface area contributed by atoms with E-state index in [1.807, 2.05) is 6.92 Å². The van der Waals surface area contributed by atoms with Crippen molar-refractivity contribution in [1.82, 2.24) is 5.32 Å². The topological polar surface area (TPSA) is 29.1 Å². The fraction of sp³-hybridized carbons (Fsp3) is 0.889. The Labute approximate surface area is 90.2 Å². The van der Waals surface area contributed by atoms with Crippen molar-refractivity contribution in [2.24, 2.45) is 0 Å². The second-order valence-electron chi connectivity index (χ2n) is 3.59. The highest BCUT2D eigenvalue weighted by Crippen LogP contribution is 2.35. The average molecular weight is 247 g/mol. The largest absolute Gasteiger partial charge is 0.463 e. The number of unbranched alkanes of at least 4 members (excludes halogenated alkanes) is 1. The van der Waals surface area contributed by atoms with Crippen molar-refractivity contribution in [3.05, 3.63) is 0 Å². The highest BCUT2D eigenvalue weighted by Gasteiger charge is 2.63. The van der Waals surface area contributed by atoms with Crippen molar-refractivity contribution < 1.29 is 26.7 Å². The molecule has 0 radical (unpaired) electrons. The van der Waals surface area contributed by atoms with E-state index in [0.29, 0.717) is 12.8 Å². The molecule has 1 unspecified atom stereocenters. The predicted octanol–water partition coefficient (Wildman–Crippen LogP) is 2.88. The van der Waals surface area contributed by atoms with E-state index in [-0.39, 0.29) is 0 Å². The first-order valence-electron chi connectivity index (χ1n) is 4.88. The molecular formula is C9H14F5NO. The van der Waals surface area contributed by atoms with Gasteiger partial charge in [0.2, 0.25) is 0 Å². The van der Waals surface area contributed by atoms with Gasteiger partial charge in [0.05, 0.1) is 0 Å². The molecule has 0 fully saturated rings. The molecule has 0 spiro atoms. The van der Waals surface area contributed by atoms with Crippen molar-refractivity contribution in [2.75, 3.05) is 0 Å². The first kappa shape index (κ1) is 15.1. The van der Waals surface area contributed by atoms with Gasteiger partial charge in [0.15, 0.2) is 0 Å². The fourth-order valence-electron chi connectivity index (χ4n) is 1.03. The van der Waals surface area contributed by atoms with Gasteiger partial charge < -0.3 is 5.32 Å². The normalized spacial score (nSPS) is 14.7. The molecule has 0 rings (SSSR count). The smallest absolute Gasteiger partial charge is 0.348 e. The maximum atomic E-state index is 12.5. The zero-order valence-electron chi connectivity index (χ0n) is 9.00. The Bertz CT molecular complexity index is 239. The van der Waals surface area contributed by atoms with E-state index in [4.69, 9.17) is 0 Å². The van der Waals surface area contributed by atoms with Gasteiger partial charge in [-0.2, -0.15) is 22.0 Å². The highest BCUT2D eigenvalue weighted by molar-refractivity contribution is 5.84. The molecule has 0 saturated carbocycles. The Balaban J connectivity index is 4.35. The van der Waals surface area contributed by atoms with Gasteiger partial charge in [0.25, 0.3) is 0 Å². The van der Waals surface area contributed by atoms with E-state index in [9.17, 15) is 26.7 Å². The van der Waals surface area contributed by atoms with Gasteiger partial charge in [-0.05, 0) is 13.3 Å². The molecule has 96 valence electrons. The number of carbonyl (C=O) groups is 1. The van der Waals surface area contributed by atoms with Gasteiger partial charge in [-0.3, -0.25) is 4.79 Å². The second kappa shape index (κ2) is 5.45. The van der Waals surface area contributed by atoms with E-state index in [1.54, 1.807) is 5.32 Å². The third kappa shape index (κ3) is 3.94. The summed E-state index contributed by atoms with van der Waals surface area (Å²) in [5, 5.41) is 1.65. The summed E-state index contributed by atoms with van der Waals surface area (Å²) in [4.78, 5) is 10.7. The first-order valence-corrected chi connectivity index (χ1v) is 4.88. The molecule has 1 N–H and O–H groups in total. The van der Waals surface area contributed by atoms with Crippen LogP contribution >= 0.6 is 0 Å². The molecule has 7 heteroatoms. The Morgan fingerprint density at radius 3 is 2.12 bits per heavy atom. The molecule has 0 saturated heterocycles. The minimum absolute atomic E-state index is 0.371. The highest BCUT2D eigenvalue weighted by atomic mass is 19.4. The molecule has 0 heterocycles. The Morgan fingerprint density at radius 2 is 1.75 bits per heavy atom. The zero-order chi connectivity index (χ0) is 13.0.